The Morgan fingerprint density at radius 1 is 1.35 bits per heavy atom. The lowest BCUT2D eigenvalue weighted by Crippen LogP contribution is -2.38. The molecule has 2 rings (SSSR count). The number of rotatable bonds is 3. The van der Waals surface area contributed by atoms with E-state index < -0.39 is 5.60 Å². The smallest absolute Gasteiger partial charge is 0.137 e. The summed E-state index contributed by atoms with van der Waals surface area (Å²) in [6.45, 7) is 1.93. The van der Waals surface area contributed by atoms with Crippen LogP contribution in [-0.2, 0) is 0 Å². The van der Waals surface area contributed by atoms with Gasteiger partial charge < -0.3 is 10.2 Å². The minimum absolute atomic E-state index is 0.227. The van der Waals surface area contributed by atoms with E-state index in [9.17, 15) is 10.2 Å². The van der Waals surface area contributed by atoms with Crippen molar-refractivity contribution in [3.63, 3.8) is 0 Å². The van der Waals surface area contributed by atoms with Crippen molar-refractivity contribution in [1.82, 2.24) is 0 Å². The molecular weight excluding hydrogens is 480 g/mol. The van der Waals surface area contributed by atoms with Gasteiger partial charge in [0.25, 0.3) is 0 Å². The van der Waals surface area contributed by atoms with Crippen LogP contribution >= 0.6 is 45.2 Å². The van der Waals surface area contributed by atoms with Crippen molar-refractivity contribution in [3.8, 4) is 5.75 Å². The molecule has 2 unspecified atom stereocenters. The number of hydrogen-bond acceptors (Lipinski definition) is 3. The van der Waals surface area contributed by atoms with Crippen molar-refractivity contribution < 1.29 is 10.2 Å². The molecule has 2 atom stereocenters. The van der Waals surface area contributed by atoms with Crippen molar-refractivity contribution in [2.75, 3.05) is 0 Å². The average Bonchev–Trinajstić information content (AvgIpc) is 2.42. The van der Waals surface area contributed by atoms with E-state index in [2.05, 4.69) is 50.2 Å². The van der Waals surface area contributed by atoms with Crippen LogP contribution in [0.15, 0.2) is 41.4 Å². The van der Waals surface area contributed by atoms with Gasteiger partial charge in [0.05, 0.1) is 3.57 Å². The Balaban J connectivity index is 2.30. The molecule has 0 amide bonds. The zero-order valence-corrected chi connectivity index (χ0v) is 15.2. The highest BCUT2D eigenvalue weighted by Crippen LogP contribution is 2.28. The minimum atomic E-state index is -0.948. The van der Waals surface area contributed by atoms with E-state index in [4.69, 9.17) is 0 Å². The second-order valence-corrected chi connectivity index (χ2v) is 7.05. The third-order valence-electron chi connectivity index (χ3n) is 3.30. The second kappa shape index (κ2) is 6.57. The summed E-state index contributed by atoms with van der Waals surface area (Å²) in [7, 11) is 0. The third-order valence-corrected chi connectivity index (χ3v) is 4.74. The Labute approximate surface area is 145 Å². The number of nitrogens with zero attached hydrogens (tertiary/aromatic N) is 1. The predicted molar refractivity (Wildman–Crippen MR) is 98.4 cm³/mol. The molecule has 0 aliphatic heterocycles. The number of aliphatic imine (C=N–C) groups is 1. The summed E-state index contributed by atoms with van der Waals surface area (Å²) < 4.78 is 1.83. The van der Waals surface area contributed by atoms with Crippen molar-refractivity contribution in [3.05, 3.63) is 49.1 Å². The topological polar surface area (TPSA) is 52.8 Å². The lowest BCUT2D eigenvalue weighted by Gasteiger charge is -2.29. The minimum Gasteiger partial charge on any atom is -0.506 e. The quantitative estimate of drug-likeness (QED) is 0.497. The lowest BCUT2D eigenvalue weighted by atomic mass is 9.88. The first kappa shape index (κ1) is 16.0. The van der Waals surface area contributed by atoms with E-state index >= 15 is 0 Å². The molecule has 0 spiro atoms. The van der Waals surface area contributed by atoms with Gasteiger partial charge in [-0.2, -0.15) is 0 Å². The fourth-order valence-corrected chi connectivity index (χ4v) is 3.90. The van der Waals surface area contributed by atoms with E-state index in [0.717, 1.165) is 7.14 Å². The normalized spacial score (nSPS) is 25.5. The Morgan fingerprint density at radius 2 is 2.10 bits per heavy atom. The van der Waals surface area contributed by atoms with Crippen molar-refractivity contribution in [2.24, 2.45) is 4.99 Å². The molecule has 0 bridgehead atoms. The maximum absolute atomic E-state index is 10.5. The molecule has 0 saturated heterocycles. The van der Waals surface area contributed by atoms with Crippen LogP contribution in [0.2, 0.25) is 0 Å². The third kappa shape index (κ3) is 3.43. The fraction of sp³-hybridized carbons (Fsp3) is 0.267. The van der Waals surface area contributed by atoms with Gasteiger partial charge in [0.1, 0.15) is 17.4 Å². The summed E-state index contributed by atoms with van der Waals surface area (Å²) in [6.07, 6.45) is 9.58. The van der Waals surface area contributed by atoms with E-state index in [1.807, 2.05) is 37.3 Å². The fourth-order valence-electron chi connectivity index (χ4n) is 2.01. The molecule has 0 fully saturated rings. The Hall–Kier alpha value is -0.410. The lowest BCUT2D eigenvalue weighted by molar-refractivity contribution is 0.0732. The molecule has 1 aliphatic carbocycles. The van der Waals surface area contributed by atoms with E-state index in [1.54, 1.807) is 12.3 Å². The molecule has 20 heavy (non-hydrogen) atoms. The second-order valence-electron chi connectivity index (χ2n) is 4.64. The Bertz CT molecular complexity index is 596. The van der Waals surface area contributed by atoms with Crippen molar-refractivity contribution in [1.29, 1.82) is 0 Å². The number of aliphatic hydroxyl groups is 1. The van der Waals surface area contributed by atoms with Crippen LogP contribution in [0.25, 0.3) is 0 Å². The van der Waals surface area contributed by atoms with Crippen LogP contribution in [0.3, 0.4) is 0 Å². The first-order valence-electron chi connectivity index (χ1n) is 6.26. The summed E-state index contributed by atoms with van der Waals surface area (Å²) in [4.78, 5) is 4.44. The van der Waals surface area contributed by atoms with Gasteiger partial charge in [-0.15, -0.1) is 0 Å². The molecule has 0 radical (unpaired) electrons. The van der Waals surface area contributed by atoms with Gasteiger partial charge in [-0.3, -0.25) is 4.99 Å². The highest BCUT2D eigenvalue weighted by Gasteiger charge is 2.31. The molecule has 5 heteroatoms. The van der Waals surface area contributed by atoms with Crippen LogP contribution in [0.1, 0.15) is 18.9 Å². The molecule has 2 N–H and O–H groups in total. The summed E-state index contributed by atoms with van der Waals surface area (Å²) in [6, 6.07) is 3.45. The van der Waals surface area contributed by atoms with Gasteiger partial charge in [0.15, 0.2) is 0 Å². The number of halogens is 2. The van der Waals surface area contributed by atoms with Gasteiger partial charge in [-0.1, -0.05) is 31.2 Å². The van der Waals surface area contributed by atoms with Gasteiger partial charge in [0.2, 0.25) is 0 Å². The van der Waals surface area contributed by atoms with Crippen molar-refractivity contribution >= 4 is 51.4 Å². The molecule has 1 aliphatic rings. The molecule has 1 aromatic carbocycles. The maximum atomic E-state index is 10.5. The van der Waals surface area contributed by atoms with E-state index in [1.165, 1.54) is 0 Å². The van der Waals surface area contributed by atoms with Gasteiger partial charge in [0, 0.05) is 15.3 Å². The highest BCUT2D eigenvalue weighted by atomic mass is 127. The first-order chi connectivity index (χ1) is 9.46. The molecule has 106 valence electrons. The Kier molecular flexibility index (Phi) is 5.25. The molecular formula is C15H15I2NO2. The zero-order valence-electron chi connectivity index (χ0n) is 10.9. The number of phenols is 1. The number of benzene rings is 1. The molecule has 0 aromatic heterocycles. The average molecular weight is 495 g/mol. The summed E-state index contributed by atoms with van der Waals surface area (Å²) in [5.41, 5.74) is -0.279. The monoisotopic (exact) mass is 495 g/mol. The zero-order chi connectivity index (χ0) is 14.8. The van der Waals surface area contributed by atoms with Crippen LogP contribution in [0.4, 0.5) is 0 Å². The highest BCUT2D eigenvalue weighted by molar-refractivity contribution is 14.1. The van der Waals surface area contributed by atoms with Crippen LogP contribution < -0.4 is 0 Å². The number of phenolic OH excluding ortho intramolecular Hbond substituents is 1. The number of hydrogen-bond donors (Lipinski definition) is 2. The largest absolute Gasteiger partial charge is 0.506 e. The Morgan fingerprint density at radius 3 is 2.80 bits per heavy atom. The predicted octanol–water partition coefficient (Wildman–Crippen LogP) is 3.66. The van der Waals surface area contributed by atoms with E-state index in [0.29, 0.717) is 12.0 Å². The van der Waals surface area contributed by atoms with Gasteiger partial charge in [-0.05, 0) is 63.7 Å². The number of aromatic hydroxyl groups is 1. The molecule has 1 aromatic rings. The SMILES string of the molecule is CCC1(O)C=CC=CC1N=Cc1cc(I)cc(I)c1O. The summed E-state index contributed by atoms with van der Waals surface area (Å²) >= 11 is 4.30. The van der Waals surface area contributed by atoms with Gasteiger partial charge >= 0.3 is 0 Å². The summed E-state index contributed by atoms with van der Waals surface area (Å²) in [5, 5.41) is 20.5. The standard InChI is InChI=1S/C15H15I2NO2/c1-2-15(20)6-4-3-5-13(15)18-9-10-7-11(16)8-12(17)14(10)19/h3-9,13,19-20H,2H2,1H3. The van der Waals surface area contributed by atoms with Gasteiger partial charge in [-0.25, -0.2) is 0 Å². The van der Waals surface area contributed by atoms with Crippen molar-refractivity contribution in [2.45, 2.75) is 25.0 Å². The number of allylic oxidation sites excluding steroid dienone is 2. The maximum Gasteiger partial charge on any atom is 0.137 e. The van der Waals surface area contributed by atoms with Crippen LogP contribution in [0.5, 0.6) is 5.75 Å². The first-order valence-corrected chi connectivity index (χ1v) is 8.41. The van der Waals surface area contributed by atoms with E-state index in [-0.39, 0.29) is 11.8 Å². The van der Waals surface area contributed by atoms with Crippen LogP contribution in [-0.4, -0.2) is 28.1 Å². The summed E-state index contributed by atoms with van der Waals surface area (Å²) in [5.74, 6) is 0.227. The molecule has 3 nitrogen and oxygen atoms in total. The molecule has 0 saturated carbocycles. The molecule has 0 heterocycles. The van der Waals surface area contributed by atoms with Crippen LogP contribution in [0, 0.1) is 7.14 Å².